The van der Waals surface area contributed by atoms with E-state index in [1.807, 2.05) is 0 Å². The number of rotatable bonds is 8. The highest BCUT2D eigenvalue weighted by Gasteiger charge is 2.30. The van der Waals surface area contributed by atoms with Gasteiger partial charge in [0.2, 0.25) is 0 Å². The average molecular weight is 429 g/mol. The van der Waals surface area contributed by atoms with E-state index < -0.39 is 11.7 Å². The van der Waals surface area contributed by atoms with Crippen LogP contribution in [0.15, 0.2) is 73.6 Å². The fourth-order valence-electron chi connectivity index (χ4n) is 3.16. The number of ether oxygens (including phenoxy) is 1. The van der Waals surface area contributed by atoms with E-state index in [9.17, 15) is 18.0 Å². The number of nitrogens with zero attached hydrogens (tertiary/aromatic N) is 3. The molecule has 0 saturated heterocycles. The van der Waals surface area contributed by atoms with E-state index in [-0.39, 0.29) is 25.5 Å². The fraction of sp³-hybridized carbons (Fsp3) is 0.217. The molecule has 8 heteroatoms. The summed E-state index contributed by atoms with van der Waals surface area (Å²) in [5.74, 6) is 0.887. The van der Waals surface area contributed by atoms with E-state index in [1.165, 1.54) is 13.2 Å². The summed E-state index contributed by atoms with van der Waals surface area (Å²) >= 11 is 0. The zero-order chi connectivity index (χ0) is 22.4. The number of benzene rings is 2. The van der Waals surface area contributed by atoms with Gasteiger partial charge in [0.25, 0.3) is 5.91 Å². The SMILES string of the molecule is C=CCN(Cc1nccn1Cc1cccc(C(F)(F)F)c1)C(=O)c1cccc(OC)c1. The molecule has 3 aromatic rings. The molecular weight excluding hydrogens is 407 g/mol. The second kappa shape index (κ2) is 9.51. The summed E-state index contributed by atoms with van der Waals surface area (Å²) in [6, 6.07) is 12.0. The molecule has 0 atom stereocenters. The Labute approximate surface area is 178 Å². The third-order valence-corrected chi connectivity index (χ3v) is 4.69. The lowest BCUT2D eigenvalue weighted by Crippen LogP contribution is -2.32. The average Bonchev–Trinajstić information content (AvgIpc) is 3.19. The van der Waals surface area contributed by atoms with E-state index in [2.05, 4.69) is 11.6 Å². The van der Waals surface area contributed by atoms with Crippen molar-refractivity contribution in [1.29, 1.82) is 0 Å². The number of carbonyl (C=O) groups excluding carboxylic acids is 1. The van der Waals surface area contributed by atoms with Crippen molar-refractivity contribution >= 4 is 5.91 Å². The Hall–Kier alpha value is -3.55. The molecule has 0 aliphatic heterocycles. The quantitative estimate of drug-likeness (QED) is 0.484. The summed E-state index contributed by atoms with van der Waals surface area (Å²) in [5.41, 5.74) is 0.244. The Morgan fingerprint density at radius 3 is 2.71 bits per heavy atom. The number of methoxy groups -OCH3 is 1. The van der Waals surface area contributed by atoms with Gasteiger partial charge in [-0.05, 0) is 35.9 Å². The van der Waals surface area contributed by atoms with Crippen LogP contribution < -0.4 is 4.74 Å². The van der Waals surface area contributed by atoms with Crippen molar-refractivity contribution in [3.05, 3.63) is 96.1 Å². The van der Waals surface area contributed by atoms with Gasteiger partial charge in [-0.15, -0.1) is 6.58 Å². The Balaban J connectivity index is 1.81. The highest BCUT2D eigenvalue weighted by atomic mass is 19.4. The van der Waals surface area contributed by atoms with Crippen LogP contribution in [-0.4, -0.2) is 34.0 Å². The molecule has 1 amide bonds. The normalized spacial score (nSPS) is 11.2. The smallest absolute Gasteiger partial charge is 0.416 e. The molecule has 0 N–H and O–H groups in total. The van der Waals surface area contributed by atoms with Crippen LogP contribution in [0, 0.1) is 0 Å². The third-order valence-electron chi connectivity index (χ3n) is 4.69. The van der Waals surface area contributed by atoms with Crippen LogP contribution in [0.25, 0.3) is 0 Å². The van der Waals surface area contributed by atoms with E-state index in [0.29, 0.717) is 22.7 Å². The Kier molecular flexibility index (Phi) is 6.79. The minimum absolute atomic E-state index is 0.175. The third kappa shape index (κ3) is 5.53. The summed E-state index contributed by atoms with van der Waals surface area (Å²) < 4.78 is 45.9. The van der Waals surface area contributed by atoms with Crippen LogP contribution >= 0.6 is 0 Å². The number of imidazole rings is 1. The van der Waals surface area contributed by atoms with Gasteiger partial charge in [0, 0.05) is 31.0 Å². The van der Waals surface area contributed by atoms with Gasteiger partial charge in [-0.3, -0.25) is 4.79 Å². The maximum Gasteiger partial charge on any atom is 0.416 e. The van der Waals surface area contributed by atoms with Crippen LogP contribution in [-0.2, 0) is 19.3 Å². The summed E-state index contributed by atoms with van der Waals surface area (Å²) in [4.78, 5) is 18.9. The van der Waals surface area contributed by atoms with Gasteiger partial charge in [-0.2, -0.15) is 13.2 Å². The first-order valence-electron chi connectivity index (χ1n) is 9.52. The number of aromatic nitrogens is 2. The zero-order valence-electron chi connectivity index (χ0n) is 17.0. The Morgan fingerprint density at radius 2 is 2.00 bits per heavy atom. The molecule has 0 radical (unpaired) electrons. The minimum atomic E-state index is -4.41. The van der Waals surface area contributed by atoms with Gasteiger partial charge < -0.3 is 14.2 Å². The fourth-order valence-corrected chi connectivity index (χ4v) is 3.16. The molecule has 2 aromatic carbocycles. The van der Waals surface area contributed by atoms with Crippen LogP contribution in [0.2, 0.25) is 0 Å². The summed E-state index contributed by atoms with van der Waals surface area (Å²) in [7, 11) is 1.52. The van der Waals surface area contributed by atoms with Crippen LogP contribution in [0.5, 0.6) is 5.75 Å². The number of carbonyl (C=O) groups is 1. The van der Waals surface area contributed by atoms with Gasteiger partial charge in [0.15, 0.2) is 0 Å². The summed E-state index contributed by atoms with van der Waals surface area (Å²) in [5, 5.41) is 0. The van der Waals surface area contributed by atoms with Gasteiger partial charge >= 0.3 is 6.18 Å². The van der Waals surface area contributed by atoms with Crippen molar-refractivity contribution in [2.75, 3.05) is 13.7 Å². The maximum atomic E-state index is 13.0. The Bertz CT molecular complexity index is 1060. The number of amides is 1. The lowest BCUT2D eigenvalue weighted by atomic mass is 10.1. The molecule has 0 aliphatic carbocycles. The van der Waals surface area contributed by atoms with Crippen molar-refractivity contribution in [2.45, 2.75) is 19.3 Å². The number of alkyl halides is 3. The van der Waals surface area contributed by atoms with E-state index in [0.717, 1.165) is 12.1 Å². The second-order valence-electron chi connectivity index (χ2n) is 6.88. The van der Waals surface area contributed by atoms with Crippen molar-refractivity contribution in [2.24, 2.45) is 0 Å². The predicted octanol–water partition coefficient (Wildman–Crippen LogP) is 4.79. The predicted molar refractivity (Wildman–Crippen MR) is 111 cm³/mol. The Morgan fingerprint density at radius 1 is 1.23 bits per heavy atom. The van der Waals surface area contributed by atoms with Crippen LogP contribution in [0.1, 0.15) is 27.3 Å². The highest BCUT2D eigenvalue weighted by molar-refractivity contribution is 5.94. The lowest BCUT2D eigenvalue weighted by molar-refractivity contribution is -0.137. The number of hydrogen-bond donors (Lipinski definition) is 0. The molecule has 0 spiro atoms. The first kappa shape index (κ1) is 22.1. The van der Waals surface area contributed by atoms with E-state index in [1.54, 1.807) is 58.3 Å². The van der Waals surface area contributed by atoms with Gasteiger partial charge in [-0.1, -0.05) is 24.3 Å². The molecular formula is C23H22F3N3O2. The molecule has 31 heavy (non-hydrogen) atoms. The van der Waals surface area contributed by atoms with Gasteiger partial charge in [0.1, 0.15) is 11.6 Å². The monoisotopic (exact) mass is 429 g/mol. The maximum absolute atomic E-state index is 13.0. The first-order valence-corrected chi connectivity index (χ1v) is 9.52. The molecule has 1 aromatic heterocycles. The highest BCUT2D eigenvalue weighted by Crippen LogP contribution is 2.29. The van der Waals surface area contributed by atoms with Crippen LogP contribution in [0.4, 0.5) is 13.2 Å². The summed E-state index contributed by atoms with van der Waals surface area (Å²) in [6.07, 6.45) is 0.443. The second-order valence-corrected chi connectivity index (χ2v) is 6.88. The van der Waals surface area contributed by atoms with E-state index in [4.69, 9.17) is 4.74 Å². The standard InChI is InChI=1S/C23H22F3N3O2/c1-3-11-29(22(30)18-7-5-9-20(14-18)31-2)16-21-27-10-12-28(21)15-17-6-4-8-19(13-17)23(24,25)26/h3-10,12-14H,1,11,15-16H2,2H3. The molecule has 0 bridgehead atoms. The molecule has 1 heterocycles. The topological polar surface area (TPSA) is 47.4 Å². The molecule has 0 fully saturated rings. The van der Waals surface area contributed by atoms with E-state index >= 15 is 0 Å². The first-order chi connectivity index (χ1) is 14.8. The molecule has 3 rings (SSSR count). The number of halogens is 3. The van der Waals surface area contributed by atoms with Crippen molar-refractivity contribution < 1.29 is 22.7 Å². The largest absolute Gasteiger partial charge is 0.497 e. The summed E-state index contributed by atoms with van der Waals surface area (Å²) in [6.45, 7) is 4.37. The van der Waals surface area contributed by atoms with Gasteiger partial charge in [-0.25, -0.2) is 4.98 Å². The number of hydrogen-bond acceptors (Lipinski definition) is 3. The van der Waals surface area contributed by atoms with Crippen LogP contribution in [0.3, 0.4) is 0 Å². The van der Waals surface area contributed by atoms with Crippen molar-refractivity contribution in [3.8, 4) is 5.75 Å². The molecule has 5 nitrogen and oxygen atoms in total. The van der Waals surface area contributed by atoms with Crippen molar-refractivity contribution in [1.82, 2.24) is 14.5 Å². The minimum Gasteiger partial charge on any atom is -0.497 e. The lowest BCUT2D eigenvalue weighted by Gasteiger charge is -2.22. The molecule has 0 saturated carbocycles. The van der Waals surface area contributed by atoms with Crippen molar-refractivity contribution in [3.63, 3.8) is 0 Å². The van der Waals surface area contributed by atoms with Gasteiger partial charge in [0.05, 0.1) is 19.2 Å². The molecule has 0 aliphatic rings. The molecule has 162 valence electrons. The zero-order valence-corrected chi connectivity index (χ0v) is 17.0. The molecule has 0 unspecified atom stereocenters.